The SMILES string of the molecule is Cc1cccc(-c2nc(CC(=O)NCC3CNC3)cs2)c1.Cl.Cl. The van der Waals surface area contributed by atoms with Crippen LogP contribution in [0.25, 0.3) is 10.6 Å². The van der Waals surface area contributed by atoms with Gasteiger partial charge in [-0.1, -0.05) is 23.8 Å². The van der Waals surface area contributed by atoms with Crippen LogP contribution in [0.4, 0.5) is 0 Å². The third-order valence-electron chi connectivity index (χ3n) is 3.61. The standard InChI is InChI=1S/C16H19N3OS.2ClH/c1-11-3-2-4-13(5-11)16-19-14(10-21-16)6-15(20)18-9-12-7-17-8-12;;/h2-5,10,12,17H,6-9H2,1H3,(H,18,20);2*1H. The maximum absolute atomic E-state index is 11.9. The van der Waals surface area contributed by atoms with E-state index < -0.39 is 0 Å². The maximum atomic E-state index is 11.9. The van der Waals surface area contributed by atoms with Gasteiger partial charge in [-0.25, -0.2) is 4.98 Å². The summed E-state index contributed by atoms with van der Waals surface area (Å²) in [5, 5.41) is 9.13. The number of hydrogen-bond donors (Lipinski definition) is 2. The summed E-state index contributed by atoms with van der Waals surface area (Å²) in [6.45, 7) is 4.85. The van der Waals surface area contributed by atoms with E-state index in [2.05, 4.69) is 40.7 Å². The van der Waals surface area contributed by atoms with Crippen LogP contribution in [0.1, 0.15) is 11.3 Å². The Balaban J connectivity index is 0.00000132. The van der Waals surface area contributed by atoms with Gasteiger partial charge in [0.25, 0.3) is 0 Å². The zero-order valence-electron chi connectivity index (χ0n) is 12.9. The molecule has 0 spiro atoms. The molecule has 7 heteroatoms. The molecular formula is C16H21Cl2N3OS. The van der Waals surface area contributed by atoms with Gasteiger partial charge in [-0.05, 0) is 13.0 Å². The second kappa shape index (κ2) is 9.23. The number of nitrogens with one attached hydrogen (secondary N) is 2. The van der Waals surface area contributed by atoms with Crippen molar-refractivity contribution in [2.24, 2.45) is 5.92 Å². The summed E-state index contributed by atoms with van der Waals surface area (Å²) in [7, 11) is 0. The summed E-state index contributed by atoms with van der Waals surface area (Å²) in [6.07, 6.45) is 0.364. The summed E-state index contributed by atoms with van der Waals surface area (Å²) in [6, 6.07) is 8.28. The highest BCUT2D eigenvalue weighted by Crippen LogP contribution is 2.24. The van der Waals surface area contributed by atoms with Gasteiger partial charge in [0, 0.05) is 36.5 Å². The molecule has 1 aliphatic rings. The van der Waals surface area contributed by atoms with Crippen LogP contribution >= 0.6 is 36.2 Å². The highest BCUT2D eigenvalue weighted by Gasteiger charge is 2.17. The van der Waals surface area contributed by atoms with E-state index in [9.17, 15) is 4.79 Å². The summed E-state index contributed by atoms with van der Waals surface area (Å²) in [4.78, 5) is 16.5. The van der Waals surface area contributed by atoms with Crippen molar-refractivity contribution in [1.29, 1.82) is 0 Å². The van der Waals surface area contributed by atoms with Gasteiger partial charge in [0.15, 0.2) is 0 Å². The maximum Gasteiger partial charge on any atom is 0.226 e. The molecule has 3 rings (SSSR count). The van der Waals surface area contributed by atoms with Crippen molar-refractivity contribution in [2.75, 3.05) is 19.6 Å². The molecule has 1 saturated heterocycles. The largest absolute Gasteiger partial charge is 0.355 e. The molecule has 0 saturated carbocycles. The topological polar surface area (TPSA) is 54.0 Å². The van der Waals surface area contributed by atoms with Crippen molar-refractivity contribution in [1.82, 2.24) is 15.6 Å². The lowest BCUT2D eigenvalue weighted by Gasteiger charge is -2.26. The minimum Gasteiger partial charge on any atom is -0.355 e. The van der Waals surface area contributed by atoms with Crippen LogP contribution in [-0.2, 0) is 11.2 Å². The van der Waals surface area contributed by atoms with Crippen molar-refractivity contribution in [3.8, 4) is 10.6 Å². The Bertz CT molecular complexity index is 644. The lowest BCUT2D eigenvalue weighted by atomic mass is 10.0. The fourth-order valence-corrected chi connectivity index (χ4v) is 3.09. The molecule has 0 atom stereocenters. The average Bonchev–Trinajstić information content (AvgIpc) is 2.85. The van der Waals surface area contributed by atoms with E-state index in [1.165, 1.54) is 5.56 Å². The molecule has 4 nitrogen and oxygen atoms in total. The highest BCUT2D eigenvalue weighted by molar-refractivity contribution is 7.13. The first kappa shape index (κ1) is 19.9. The molecule has 0 radical (unpaired) electrons. The fraction of sp³-hybridized carbons (Fsp3) is 0.375. The molecule has 2 heterocycles. The average molecular weight is 374 g/mol. The van der Waals surface area contributed by atoms with Crippen molar-refractivity contribution < 1.29 is 4.79 Å². The van der Waals surface area contributed by atoms with E-state index in [1.54, 1.807) is 11.3 Å². The Morgan fingerprint density at radius 2 is 2.17 bits per heavy atom. The van der Waals surface area contributed by atoms with Gasteiger partial charge in [0.2, 0.25) is 5.91 Å². The minimum atomic E-state index is 0. The zero-order valence-corrected chi connectivity index (χ0v) is 15.3. The van der Waals surface area contributed by atoms with Crippen LogP contribution in [0.15, 0.2) is 29.6 Å². The van der Waals surface area contributed by atoms with E-state index in [-0.39, 0.29) is 30.7 Å². The van der Waals surface area contributed by atoms with Gasteiger partial charge in [-0.15, -0.1) is 36.2 Å². The second-order valence-corrected chi connectivity index (χ2v) is 6.38. The van der Waals surface area contributed by atoms with Crippen LogP contribution in [0, 0.1) is 12.8 Å². The summed E-state index contributed by atoms with van der Waals surface area (Å²) in [5.41, 5.74) is 3.18. The molecule has 0 aliphatic carbocycles. The number of amides is 1. The monoisotopic (exact) mass is 373 g/mol. The minimum absolute atomic E-state index is 0. The molecule has 1 fully saturated rings. The summed E-state index contributed by atoms with van der Waals surface area (Å²) < 4.78 is 0. The van der Waals surface area contributed by atoms with Gasteiger partial charge < -0.3 is 10.6 Å². The number of aromatic nitrogens is 1. The molecule has 2 N–H and O–H groups in total. The van der Waals surface area contributed by atoms with Crippen molar-refractivity contribution in [3.05, 3.63) is 40.9 Å². The number of benzene rings is 1. The predicted molar refractivity (Wildman–Crippen MR) is 99.9 cm³/mol. The smallest absolute Gasteiger partial charge is 0.226 e. The van der Waals surface area contributed by atoms with Gasteiger partial charge >= 0.3 is 0 Å². The van der Waals surface area contributed by atoms with Crippen LogP contribution < -0.4 is 10.6 Å². The second-order valence-electron chi connectivity index (χ2n) is 5.52. The van der Waals surface area contributed by atoms with Crippen molar-refractivity contribution >= 4 is 42.1 Å². The number of carbonyl (C=O) groups excluding carboxylic acids is 1. The number of rotatable bonds is 5. The van der Waals surface area contributed by atoms with E-state index in [0.29, 0.717) is 12.3 Å². The third kappa shape index (κ3) is 5.46. The van der Waals surface area contributed by atoms with Crippen LogP contribution in [0.2, 0.25) is 0 Å². The predicted octanol–water partition coefficient (Wildman–Crippen LogP) is 2.84. The molecule has 1 aromatic carbocycles. The van der Waals surface area contributed by atoms with Crippen LogP contribution in [-0.4, -0.2) is 30.5 Å². The lowest BCUT2D eigenvalue weighted by Crippen LogP contribution is -2.48. The number of carbonyl (C=O) groups is 1. The molecule has 1 aromatic heterocycles. The molecular weight excluding hydrogens is 353 g/mol. The molecule has 2 aromatic rings. The van der Waals surface area contributed by atoms with Crippen molar-refractivity contribution in [2.45, 2.75) is 13.3 Å². The van der Waals surface area contributed by atoms with E-state index in [1.807, 2.05) is 11.4 Å². The van der Waals surface area contributed by atoms with E-state index in [4.69, 9.17) is 0 Å². The molecule has 0 unspecified atom stereocenters. The van der Waals surface area contributed by atoms with E-state index >= 15 is 0 Å². The molecule has 0 bridgehead atoms. The van der Waals surface area contributed by atoms with Gasteiger partial charge in [-0.2, -0.15) is 0 Å². The van der Waals surface area contributed by atoms with E-state index in [0.717, 1.165) is 35.9 Å². The quantitative estimate of drug-likeness (QED) is 0.846. The summed E-state index contributed by atoms with van der Waals surface area (Å²) in [5.74, 6) is 0.648. The molecule has 126 valence electrons. The third-order valence-corrected chi connectivity index (χ3v) is 4.55. The number of hydrogen-bond acceptors (Lipinski definition) is 4. The van der Waals surface area contributed by atoms with Crippen LogP contribution in [0.5, 0.6) is 0 Å². The Hall–Kier alpha value is -1.14. The van der Waals surface area contributed by atoms with Crippen molar-refractivity contribution in [3.63, 3.8) is 0 Å². The Morgan fingerprint density at radius 3 is 2.83 bits per heavy atom. The molecule has 1 aliphatic heterocycles. The van der Waals surface area contributed by atoms with Gasteiger partial charge in [-0.3, -0.25) is 4.79 Å². The number of halogens is 2. The first-order valence-electron chi connectivity index (χ1n) is 7.19. The normalized spacial score (nSPS) is 13.4. The zero-order chi connectivity index (χ0) is 14.7. The lowest BCUT2D eigenvalue weighted by molar-refractivity contribution is -0.120. The highest BCUT2D eigenvalue weighted by atomic mass is 35.5. The Labute approximate surface area is 152 Å². The molecule has 23 heavy (non-hydrogen) atoms. The van der Waals surface area contributed by atoms with Gasteiger partial charge in [0.05, 0.1) is 12.1 Å². The molecule has 1 amide bonds. The first-order valence-corrected chi connectivity index (χ1v) is 8.07. The summed E-state index contributed by atoms with van der Waals surface area (Å²) >= 11 is 1.59. The van der Waals surface area contributed by atoms with Gasteiger partial charge in [0.1, 0.15) is 5.01 Å². The van der Waals surface area contributed by atoms with Crippen LogP contribution in [0.3, 0.4) is 0 Å². The number of aryl methyl sites for hydroxylation is 1. The Morgan fingerprint density at radius 1 is 1.39 bits per heavy atom. The number of nitrogens with zero attached hydrogens (tertiary/aromatic N) is 1. The number of thiazole rings is 1. The fourth-order valence-electron chi connectivity index (χ4n) is 2.28. The first-order chi connectivity index (χ1) is 10.2. The Kier molecular flexibility index (Phi) is 7.99.